The van der Waals surface area contributed by atoms with E-state index in [1.165, 1.54) is 18.4 Å². The van der Waals surface area contributed by atoms with Crippen LogP contribution in [0.1, 0.15) is 31.2 Å². The first-order valence-electron chi connectivity index (χ1n) is 6.33. The highest BCUT2D eigenvalue weighted by molar-refractivity contribution is 5.06. The second-order valence-corrected chi connectivity index (χ2v) is 4.81. The van der Waals surface area contributed by atoms with Gasteiger partial charge in [0.05, 0.1) is 12.3 Å². The molecule has 2 heterocycles. The maximum atomic E-state index is 5.74. The molecule has 0 bridgehead atoms. The van der Waals surface area contributed by atoms with Crippen LogP contribution in [0.25, 0.3) is 0 Å². The molecule has 1 fully saturated rings. The molecule has 1 aliphatic heterocycles. The summed E-state index contributed by atoms with van der Waals surface area (Å²) >= 11 is 0. The predicted molar refractivity (Wildman–Crippen MR) is 66.2 cm³/mol. The molecule has 1 aliphatic rings. The zero-order valence-electron chi connectivity index (χ0n) is 10.4. The zero-order chi connectivity index (χ0) is 12.1. The van der Waals surface area contributed by atoms with Crippen LogP contribution in [0.15, 0.2) is 12.4 Å². The molecule has 1 aromatic rings. The molecule has 0 spiro atoms. The Hall–Kier alpha value is -0.910. The molecule has 2 unspecified atom stereocenters. The molecule has 3 N–H and O–H groups in total. The average Bonchev–Trinajstić information content (AvgIpc) is 2.75. The Morgan fingerprint density at radius 2 is 2.53 bits per heavy atom. The lowest BCUT2D eigenvalue weighted by molar-refractivity contribution is 0.00524. The number of nitrogens with zero attached hydrogens (tertiary/aromatic N) is 2. The molecule has 2 rings (SSSR count). The highest BCUT2D eigenvalue weighted by Crippen LogP contribution is 2.18. The van der Waals surface area contributed by atoms with Crippen molar-refractivity contribution in [1.82, 2.24) is 15.2 Å². The van der Waals surface area contributed by atoms with Gasteiger partial charge in [0.2, 0.25) is 0 Å². The van der Waals surface area contributed by atoms with Crippen molar-refractivity contribution in [2.45, 2.75) is 44.2 Å². The van der Waals surface area contributed by atoms with Crippen LogP contribution in [0, 0.1) is 0 Å². The standard InChI is InChI=1S/C12H22N4O/c1-16-9-10(8-14-16)6-11(15-13)7-12-4-2-3-5-17-12/h8-9,11-12,15H,2-7,13H2,1H3. The molecule has 1 aromatic heterocycles. The summed E-state index contributed by atoms with van der Waals surface area (Å²) in [6, 6.07) is 0.266. The summed E-state index contributed by atoms with van der Waals surface area (Å²) in [5.41, 5.74) is 4.10. The maximum absolute atomic E-state index is 5.74. The van der Waals surface area contributed by atoms with Crippen LogP contribution in [0.5, 0.6) is 0 Å². The SMILES string of the molecule is Cn1cc(CC(CC2CCCCO2)NN)cn1. The minimum atomic E-state index is 0.266. The Bertz CT molecular complexity index is 333. The van der Waals surface area contributed by atoms with Crippen LogP contribution in [0.4, 0.5) is 0 Å². The normalized spacial score (nSPS) is 22.6. The molecule has 0 saturated carbocycles. The van der Waals surface area contributed by atoms with Gasteiger partial charge in [-0.25, -0.2) is 0 Å². The maximum Gasteiger partial charge on any atom is 0.0590 e. The Morgan fingerprint density at radius 3 is 3.12 bits per heavy atom. The smallest absolute Gasteiger partial charge is 0.0590 e. The second-order valence-electron chi connectivity index (χ2n) is 4.81. The Labute approximate surface area is 102 Å². The van der Waals surface area contributed by atoms with E-state index in [1.807, 2.05) is 24.1 Å². The summed E-state index contributed by atoms with van der Waals surface area (Å²) in [6.07, 6.45) is 9.80. The quantitative estimate of drug-likeness (QED) is 0.587. The van der Waals surface area contributed by atoms with Gasteiger partial charge >= 0.3 is 0 Å². The van der Waals surface area contributed by atoms with Gasteiger partial charge in [-0.2, -0.15) is 5.10 Å². The molecular weight excluding hydrogens is 216 g/mol. The van der Waals surface area contributed by atoms with E-state index in [0.29, 0.717) is 6.10 Å². The summed E-state index contributed by atoms with van der Waals surface area (Å²) in [7, 11) is 1.93. The molecule has 96 valence electrons. The summed E-state index contributed by atoms with van der Waals surface area (Å²) in [5, 5.41) is 4.17. The lowest BCUT2D eigenvalue weighted by Crippen LogP contribution is -2.40. The molecule has 0 aromatic carbocycles. The first-order chi connectivity index (χ1) is 8.28. The molecule has 17 heavy (non-hydrogen) atoms. The van der Waals surface area contributed by atoms with E-state index in [9.17, 15) is 0 Å². The van der Waals surface area contributed by atoms with Crippen LogP contribution in [-0.4, -0.2) is 28.5 Å². The molecule has 5 nitrogen and oxygen atoms in total. The van der Waals surface area contributed by atoms with Crippen molar-refractivity contribution in [1.29, 1.82) is 0 Å². The number of hydrogen-bond donors (Lipinski definition) is 2. The van der Waals surface area contributed by atoms with Crippen molar-refractivity contribution in [3.8, 4) is 0 Å². The van der Waals surface area contributed by atoms with Crippen LogP contribution >= 0.6 is 0 Å². The number of nitrogens with two attached hydrogens (primary N) is 1. The van der Waals surface area contributed by atoms with Crippen molar-refractivity contribution in [3.05, 3.63) is 18.0 Å². The Balaban J connectivity index is 1.83. The fourth-order valence-electron chi connectivity index (χ4n) is 2.38. The fraction of sp³-hybridized carbons (Fsp3) is 0.750. The van der Waals surface area contributed by atoms with Crippen LogP contribution in [0.2, 0.25) is 0 Å². The van der Waals surface area contributed by atoms with Crippen LogP contribution in [0.3, 0.4) is 0 Å². The van der Waals surface area contributed by atoms with E-state index in [1.54, 1.807) is 0 Å². The molecule has 0 aliphatic carbocycles. The molecule has 0 radical (unpaired) electrons. The average molecular weight is 238 g/mol. The monoisotopic (exact) mass is 238 g/mol. The third-order valence-corrected chi connectivity index (χ3v) is 3.30. The topological polar surface area (TPSA) is 65.1 Å². The number of ether oxygens (including phenoxy) is 1. The van der Waals surface area contributed by atoms with E-state index in [0.717, 1.165) is 25.9 Å². The van der Waals surface area contributed by atoms with E-state index < -0.39 is 0 Å². The van der Waals surface area contributed by atoms with Crippen molar-refractivity contribution in [2.75, 3.05) is 6.61 Å². The van der Waals surface area contributed by atoms with Gasteiger partial charge < -0.3 is 4.74 Å². The Morgan fingerprint density at radius 1 is 1.65 bits per heavy atom. The molecule has 5 heteroatoms. The summed E-state index contributed by atoms with van der Waals surface area (Å²) in [6.45, 7) is 0.898. The van der Waals surface area contributed by atoms with E-state index >= 15 is 0 Å². The first-order valence-corrected chi connectivity index (χ1v) is 6.33. The van der Waals surface area contributed by atoms with E-state index in [4.69, 9.17) is 10.6 Å². The number of aryl methyl sites for hydroxylation is 1. The highest BCUT2D eigenvalue weighted by atomic mass is 16.5. The van der Waals surface area contributed by atoms with Crippen molar-refractivity contribution >= 4 is 0 Å². The van der Waals surface area contributed by atoms with Gasteiger partial charge in [0.1, 0.15) is 0 Å². The van der Waals surface area contributed by atoms with E-state index in [2.05, 4.69) is 10.5 Å². The predicted octanol–water partition coefficient (Wildman–Crippen LogP) is 0.754. The molecule has 1 saturated heterocycles. The number of nitrogens with one attached hydrogen (secondary N) is 1. The number of rotatable bonds is 5. The molecular formula is C12H22N4O. The second kappa shape index (κ2) is 6.14. The van der Waals surface area contributed by atoms with Crippen LogP contribution in [-0.2, 0) is 18.2 Å². The zero-order valence-corrected chi connectivity index (χ0v) is 10.4. The lowest BCUT2D eigenvalue weighted by Gasteiger charge is -2.26. The van der Waals surface area contributed by atoms with Gasteiger partial charge in [-0.1, -0.05) is 0 Å². The minimum Gasteiger partial charge on any atom is -0.378 e. The molecule has 2 atom stereocenters. The Kier molecular flexibility index (Phi) is 4.53. The third-order valence-electron chi connectivity index (χ3n) is 3.30. The van der Waals surface area contributed by atoms with Gasteiger partial charge in [0.15, 0.2) is 0 Å². The van der Waals surface area contributed by atoms with Gasteiger partial charge in [0, 0.05) is 25.9 Å². The van der Waals surface area contributed by atoms with Gasteiger partial charge in [-0.15, -0.1) is 0 Å². The number of hydrazine groups is 1. The first kappa shape index (κ1) is 12.5. The summed E-state index contributed by atoms with van der Waals surface area (Å²) in [5.74, 6) is 5.61. The van der Waals surface area contributed by atoms with Crippen LogP contribution < -0.4 is 11.3 Å². The molecule has 0 amide bonds. The number of hydrogen-bond acceptors (Lipinski definition) is 4. The van der Waals surface area contributed by atoms with Gasteiger partial charge in [-0.3, -0.25) is 16.0 Å². The fourth-order valence-corrected chi connectivity index (χ4v) is 2.38. The largest absolute Gasteiger partial charge is 0.378 e. The summed E-state index contributed by atoms with van der Waals surface area (Å²) < 4.78 is 7.56. The number of aromatic nitrogens is 2. The van der Waals surface area contributed by atoms with E-state index in [-0.39, 0.29) is 6.04 Å². The van der Waals surface area contributed by atoms with Crippen molar-refractivity contribution < 1.29 is 4.74 Å². The lowest BCUT2D eigenvalue weighted by atomic mass is 9.98. The van der Waals surface area contributed by atoms with Crippen molar-refractivity contribution in [3.63, 3.8) is 0 Å². The van der Waals surface area contributed by atoms with Gasteiger partial charge in [0.25, 0.3) is 0 Å². The van der Waals surface area contributed by atoms with Crippen molar-refractivity contribution in [2.24, 2.45) is 12.9 Å². The minimum absolute atomic E-state index is 0.266. The summed E-state index contributed by atoms with van der Waals surface area (Å²) in [4.78, 5) is 0. The third kappa shape index (κ3) is 3.80. The van der Waals surface area contributed by atoms with Gasteiger partial charge in [-0.05, 0) is 37.7 Å². The highest BCUT2D eigenvalue weighted by Gasteiger charge is 2.19.